The van der Waals surface area contributed by atoms with Crippen molar-refractivity contribution in [1.82, 2.24) is 9.78 Å². The summed E-state index contributed by atoms with van der Waals surface area (Å²) in [7, 11) is 0. The normalized spacial score (nSPS) is 12.7. The van der Waals surface area contributed by atoms with Crippen molar-refractivity contribution < 1.29 is 8.78 Å². The maximum absolute atomic E-state index is 14.1. The van der Waals surface area contributed by atoms with E-state index >= 15 is 0 Å². The van der Waals surface area contributed by atoms with Crippen LogP contribution < -0.4 is 5.73 Å². The van der Waals surface area contributed by atoms with E-state index in [0.29, 0.717) is 22.8 Å². The van der Waals surface area contributed by atoms with Gasteiger partial charge in [-0.1, -0.05) is 17.7 Å². The van der Waals surface area contributed by atoms with Gasteiger partial charge in [0.05, 0.1) is 23.0 Å². The maximum Gasteiger partial charge on any atom is 0.134 e. The highest BCUT2D eigenvalue weighted by Crippen LogP contribution is 2.30. The van der Waals surface area contributed by atoms with Crippen LogP contribution in [0.1, 0.15) is 29.8 Å². The Labute approximate surface area is 115 Å². The summed E-state index contributed by atoms with van der Waals surface area (Å²) in [5, 5.41) is 4.32. The fourth-order valence-electron chi connectivity index (χ4n) is 2.03. The predicted molar refractivity (Wildman–Crippen MR) is 70.0 cm³/mol. The van der Waals surface area contributed by atoms with E-state index in [1.165, 1.54) is 23.0 Å². The molecular formula is C13H14ClF2N3. The van der Waals surface area contributed by atoms with E-state index < -0.39 is 17.7 Å². The second kappa shape index (κ2) is 5.27. The smallest absolute Gasteiger partial charge is 0.134 e. The minimum Gasteiger partial charge on any atom is -0.319 e. The number of nitrogens with zero attached hydrogens (tertiary/aromatic N) is 2. The highest BCUT2D eigenvalue weighted by molar-refractivity contribution is 6.31. The number of aryl methyl sites for hydroxylation is 2. The Morgan fingerprint density at radius 2 is 2.11 bits per heavy atom. The van der Waals surface area contributed by atoms with E-state index in [1.807, 2.05) is 6.92 Å². The molecule has 0 bridgehead atoms. The second-order valence-corrected chi connectivity index (χ2v) is 4.67. The first-order valence-electron chi connectivity index (χ1n) is 5.88. The predicted octanol–water partition coefficient (Wildman–Crippen LogP) is 3.19. The number of rotatable bonds is 3. The van der Waals surface area contributed by atoms with Crippen molar-refractivity contribution in [1.29, 1.82) is 0 Å². The highest BCUT2D eigenvalue weighted by atomic mass is 35.5. The van der Waals surface area contributed by atoms with Gasteiger partial charge in [-0.25, -0.2) is 8.78 Å². The standard InChI is InChI=1S/C13H14ClF2N3/c1-3-19-13(8(14)6-18-19)12(17)10-9(15)5-4-7(2)11(10)16/h4-6,12H,3,17H2,1-2H3. The highest BCUT2D eigenvalue weighted by Gasteiger charge is 2.24. The number of halogens is 3. The third kappa shape index (κ3) is 2.35. The van der Waals surface area contributed by atoms with E-state index in [9.17, 15) is 8.78 Å². The molecule has 19 heavy (non-hydrogen) atoms. The zero-order valence-corrected chi connectivity index (χ0v) is 11.4. The first kappa shape index (κ1) is 14.0. The van der Waals surface area contributed by atoms with Crippen molar-refractivity contribution in [3.63, 3.8) is 0 Å². The van der Waals surface area contributed by atoms with Gasteiger partial charge in [-0.15, -0.1) is 0 Å². The molecule has 6 heteroatoms. The van der Waals surface area contributed by atoms with Gasteiger partial charge in [0.2, 0.25) is 0 Å². The van der Waals surface area contributed by atoms with E-state index in [0.717, 1.165) is 0 Å². The second-order valence-electron chi connectivity index (χ2n) is 4.26. The molecule has 2 aromatic rings. The first-order valence-corrected chi connectivity index (χ1v) is 6.26. The third-order valence-corrected chi connectivity index (χ3v) is 3.35. The topological polar surface area (TPSA) is 43.8 Å². The monoisotopic (exact) mass is 285 g/mol. The Bertz CT molecular complexity index is 610. The molecule has 2 rings (SSSR count). The number of hydrogen-bond acceptors (Lipinski definition) is 2. The Balaban J connectivity index is 2.59. The van der Waals surface area contributed by atoms with Crippen LogP contribution >= 0.6 is 11.6 Å². The summed E-state index contributed by atoms with van der Waals surface area (Å²) in [6.07, 6.45) is 1.42. The number of aromatic nitrogens is 2. The van der Waals surface area contributed by atoms with Gasteiger partial charge in [-0.3, -0.25) is 4.68 Å². The summed E-state index contributed by atoms with van der Waals surface area (Å²) in [4.78, 5) is 0. The summed E-state index contributed by atoms with van der Waals surface area (Å²) >= 11 is 6.00. The van der Waals surface area contributed by atoms with E-state index in [4.69, 9.17) is 17.3 Å². The molecule has 0 saturated heterocycles. The van der Waals surface area contributed by atoms with Crippen molar-refractivity contribution in [3.05, 3.63) is 51.8 Å². The Hall–Kier alpha value is -1.46. The molecule has 1 atom stereocenters. The molecular weight excluding hydrogens is 272 g/mol. The largest absolute Gasteiger partial charge is 0.319 e. The lowest BCUT2D eigenvalue weighted by atomic mass is 10.0. The summed E-state index contributed by atoms with van der Waals surface area (Å²) < 4.78 is 29.5. The molecule has 102 valence electrons. The fourth-order valence-corrected chi connectivity index (χ4v) is 2.29. The van der Waals surface area contributed by atoms with Crippen LogP contribution in [0.15, 0.2) is 18.3 Å². The van der Waals surface area contributed by atoms with Crippen LogP contribution in [0.3, 0.4) is 0 Å². The molecule has 0 aliphatic heterocycles. The van der Waals surface area contributed by atoms with Crippen LogP contribution in [0, 0.1) is 18.6 Å². The lowest BCUT2D eigenvalue weighted by molar-refractivity contribution is 0.521. The molecule has 0 amide bonds. The number of benzene rings is 1. The van der Waals surface area contributed by atoms with Gasteiger partial charge >= 0.3 is 0 Å². The van der Waals surface area contributed by atoms with Gasteiger partial charge in [0.1, 0.15) is 11.6 Å². The number of nitrogens with two attached hydrogens (primary N) is 1. The summed E-state index contributed by atoms with van der Waals surface area (Å²) in [6.45, 7) is 3.93. The molecule has 0 aliphatic rings. The summed E-state index contributed by atoms with van der Waals surface area (Å²) in [5.41, 5.74) is 6.55. The van der Waals surface area contributed by atoms with E-state index in [-0.39, 0.29) is 5.56 Å². The molecule has 0 aliphatic carbocycles. The van der Waals surface area contributed by atoms with E-state index in [1.54, 1.807) is 6.92 Å². The minimum atomic E-state index is -0.991. The molecule has 1 heterocycles. The molecule has 1 aromatic heterocycles. The SMILES string of the molecule is CCn1ncc(Cl)c1C(N)c1c(F)ccc(C)c1F. The molecule has 3 nitrogen and oxygen atoms in total. The third-order valence-electron chi connectivity index (χ3n) is 3.06. The van der Waals surface area contributed by atoms with Gasteiger partial charge in [0, 0.05) is 12.1 Å². The summed E-state index contributed by atoms with van der Waals surface area (Å²) in [5.74, 6) is -1.33. The molecule has 1 aromatic carbocycles. The van der Waals surface area contributed by atoms with Crippen molar-refractivity contribution in [3.8, 4) is 0 Å². The van der Waals surface area contributed by atoms with Gasteiger partial charge in [-0.2, -0.15) is 5.10 Å². The van der Waals surface area contributed by atoms with Crippen molar-refractivity contribution in [2.75, 3.05) is 0 Å². The van der Waals surface area contributed by atoms with E-state index in [2.05, 4.69) is 5.10 Å². The van der Waals surface area contributed by atoms with Gasteiger partial charge in [0.15, 0.2) is 0 Å². The fraction of sp³-hybridized carbons (Fsp3) is 0.308. The molecule has 0 fully saturated rings. The lowest BCUT2D eigenvalue weighted by Gasteiger charge is -2.17. The zero-order valence-electron chi connectivity index (χ0n) is 10.6. The van der Waals surface area contributed by atoms with Crippen LogP contribution in [0.4, 0.5) is 8.78 Å². The molecule has 2 N–H and O–H groups in total. The van der Waals surface area contributed by atoms with Crippen molar-refractivity contribution >= 4 is 11.6 Å². The van der Waals surface area contributed by atoms with Crippen molar-refractivity contribution in [2.24, 2.45) is 5.73 Å². The quantitative estimate of drug-likeness (QED) is 0.941. The maximum atomic E-state index is 14.1. The average Bonchev–Trinajstić information content (AvgIpc) is 2.75. The van der Waals surface area contributed by atoms with Crippen LogP contribution in [-0.2, 0) is 6.54 Å². The molecule has 0 spiro atoms. The Morgan fingerprint density at radius 3 is 2.74 bits per heavy atom. The minimum absolute atomic E-state index is 0.183. The van der Waals surface area contributed by atoms with Crippen molar-refractivity contribution in [2.45, 2.75) is 26.4 Å². The number of hydrogen-bond donors (Lipinski definition) is 1. The van der Waals surface area contributed by atoms with Gasteiger partial charge < -0.3 is 5.73 Å². The molecule has 0 radical (unpaired) electrons. The average molecular weight is 286 g/mol. The lowest BCUT2D eigenvalue weighted by Crippen LogP contribution is -2.20. The molecule has 1 unspecified atom stereocenters. The zero-order chi connectivity index (χ0) is 14.2. The van der Waals surface area contributed by atoms with Crippen LogP contribution in [0.25, 0.3) is 0 Å². The van der Waals surface area contributed by atoms with Crippen LogP contribution in [0.5, 0.6) is 0 Å². The Kier molecular flexibility index (Phi) is 3.87. The van der Waals surface area contributed by atoms with Gasteiger partial charge in [-0.05, 0) is 25.5 Å². The summed E-state index contributed by atoms with van der Waals surface area (Å²) in [6, 6.07) is 1.59. The first-order chi connectivity index (χ1) is 8.97. The van der Waals surface area contributed by atoms with Crippen LogP contribution in [-0.4, -0.2) is 9.78 Å². The molecule has 0 saturated carbocycles. The van der Waals surface area contributed by atoms with Gasteiger partial charge in [0.25, 0.3) is 0 Å². The Morgan fingerprint density at radius 1 is 1.42 bits per heavy atom. The van der Waals surface area contributed by atoms with Crippen LogP contribution in [0.2, 0.25) is 5.02 Å².